The van der Waals surface area contributed by atoms with Gasteiger partial charge in [-0.05, 0) is 46.3 Å². The molecule has 0 saturated heterocycles. The second kappa shape index (κ2) is 7.97. The number of rotatable bonds is 4. The van der Waals surface area contributed by atoms with Crippen molar-refractivity contribution < 1.29 is 19.1 Å². The van der Waals surface area contributed by atoms with E-state index >= 15 is 0 Å². The number of esters is 2. The summed E-state index contributed by atoms with van der Waals surface area (Å²) in [5.74, 6) is -0.380. The molecule has 5 nitrogen and oxygen atoms in total. The fourth-order valence-electron chi connectivity index (χ4n) is 2.24. The Hall–Kier alpha value is -2.25. The molecule has 0 aliphatic carbocycles. The molecule has 7 heteroatoms. The van der Waals surface area contributed by atoms with Crippen LogP contribution in [0.2, 0.25) is 0 Å². The first kappa shape index (κ1) is 18.5. The van der Waals surface area contributed by atoms with Crippen LogP contribution in [0.15, 0.2) is 62.1 Å². The molecule has 0 amide bonds. The lowest BCUT2D eigenvalue weighted by Gasteiger charge is -2.10. The number of halogens is 2. The van der Waals surface area contributed by atoms with Gasteiger partial charge in [0.1, 0.15) is 0 Å². The number of nitrogens with zero attached hydrogens (tertiary/aromatic N) is 1. The van der Waals surface area contributed by atoms with Crippen LogP contribution in [0, 0.1) is 0 Å². The minimum Gasteiger partial charge on any atom is -0.425 e. The molecule has 0 saturated carbocycles. The zero-order valence-electron chi connectivity index (χ0n) is 13.7. The van der Waals surface area contributed by atoms with Crippen LogP contribution < -0.4 is 4.74 Å². The van der Waals surface area contributed by atoms with Gasteiger partial charge < -0.3 is 9.47 Å². The Balaban J connectivity index is 2.02. The van der Waals surface area contributed by atoms with Gasteiger partial charge in [-0.25, -0.2) is 9.79 Å². The van der Waals surface area contributed by atoms with Crippen LogP contribution >= 0.6 is 31.9 Å². The summed E-state index contributed by atoms with van der Waals surface area (Å²) in [6.07, 6.45) is 1.77. The maximum Gasteiger partial charge on any atom is 0.363 e. The Labute approximate surface area is 167 Å². The highest BCUT2D eigenvalue weighted by molar-refractivity contribution is 9.11. The third-order valence-corrected chi connectivity index (χ3v) is 4.52. The van der Waals surface area contributed by atoms with Crippen molar-refractivity contribution in [3.05, 3.63) is 68.2 Å². The maximum atomic E-state index is 12.2. The lowest BCUT2D eigenvalue weighted by Crippen LogP contribution is -2.07. The SMILES string of the molecule is CCC(=O)Oc1c(Br)cc(Br)cc1/C=C1\N=C(c2ccccc2)OC1=O. The molecule has 0 aromatic heterocycles. The fraction of sp³-hybridized carbons (Fsp3) is 0.105. The van der Waals surface area contributed by atoms with E-state index in [1.165, 1.54) is 6.08 Å². The predicted octanol–water partition coefficient (Wildman–Crippen LogP) is 4.87. The molecule has 1 aliphatic heterocycles. The number of cyclic esters (lactones) is 1. The van der Waals surface area contributed by atoms with Gasteiger partial charge in [-0.2, -0.15) is 0 Å². The molecule has 1 aliphatic rings. The monoisotopic (exact) mass is 477 g/mol. The van der Waals surface area contributed by atoms with E-state index in [-0.39, 0.29) is 24.0 Å². The number of benzene rings is 2. The molecule has 0 bridgehead atoms. The molecule has 132 valence electrons. The van der Waals surface area contributed by atoms with E-state index in [2.05, 4.69) is 36.9 Å². The summed E-state index contributed by atoms with van der Waals surface area (Å²) in [5, 5.41) is 0. The quantitative estimate of drug-likeness (QED) is 0.357. The summed E-state index contributed by atoms with van der Waals surface area (Å²) >= 11 is 6.77. The molecule has 0 fully saturated rings. The van der Waals surface area contributed by atoms with E-state index < -0.39 is 5.97 Å². The molecule has 0 atom stereocenters. The second-order valence-corrected chi connectivity index (χ2v) is 7.11. The van der Waals surface area contributed by atoms with Crippen molar-refractivity contribution in [3.63, 3.8) is 0 Å². The molecular formula is C19H13Br2NO4. The minimum absolute atomic E-state index is 0.127. The Morgan fingerprint density at radius 3 is 2.65 bits per heavy atom. The van der Waals surface area contributed by atoms with Gasteiger partial charge in [0.25, 0.3) is 0 Å². The lowest BCUT2D eigenvalue weighted by atomic mass is 10.1. The average Bonchev–Trinajstić information content (AvgIpc) is 2.99. The number of carbonyl (C=O) groups excluding carboxylic acids is 2. The van der Waals surface area contributed by atoms with E-state index in [0.29, 0.717) is 21.3 Å². The van der Waals surface area contributed by atoms with Gasteiger partial charge in [0, 0.05) is 22.0 Å². The summed E-state index contributed by atoms with van der Waals surface area (Å²) in [6.45, 7) is 1.71. The summed E-state index contributed by atoms with van der Waals surface area (Å²) < 4.78 is 12.0. The molecule has 0 radical (unpaired) electrons. The molecule has 2 aromatic carbocycles. The first-order valence-corrected chi connectivity index (χ1v) is 9.34. The highest BCUT2D eigenvalue weighted by Gasteiger charge is 2.25. The smallest absolute Gasteiger partial charge is 0.363 e. The Kier molecular flexibility index (Phi) is 5.68. The van der Waals surface area contributed by atoms with Crippen LogP contribution in [0.3, 0.4) is 0 Å². The van der Waals surface area contributed by atoms with Crippen LogP contribution in [0.25, 0.3) is 6.08 Å². The molecule has 1 heterocycles. The van der Waals surface area contributed by atoms with Gasteiger partial charge in [0.15, 0.2) is 11.4 Å². The van der Waals surface area contributed by atoms with E-state index in [4.69, 9.17) is 9.47 Å². The van der Waals surface area contributed by atoms with Crippen molar-refractivity contribution in [1.29, 1.82) is 0 Å². The van der Waals surface area contributed by atoms with Crippen molar-refractivity contribution in [2.45, 2.75) is 13.3 Å². The minimum atomic E-state index is -0.562. The van der Waals surface area contributed by atoms with Crippen molar-refractivity contribution in [2.24, 2.45) is 4.99 Å². The Morgan fingerprint density at radius 1 is 1.23 bits per heavy atom. The van der Waals surface area contributed by atoms with Crippen molar-refractivity contribution in [2.75, 3.05) is 0 Å². The predicted molar refractivity (Wildman–Crippen MR) is 105 cm³/mol. The van der Waals surface area contributed by atoms with Crippen LogP contribution in [0.4, 0.5) is 0 Å². The molecule has 3 rings (SSSR count). The van der Waals surface area contributed by atoms with E-state index in [1.807, 2.05) is 18.2 Å². The average molecular weight is 479 g/mol. The normalized spacial score (nSPS) is 15.0. The first-order chi connectivity index (χ1) is 12.5. The maximum absolute atomic E-state index is 12.2. The van der Waals surface area contributed by atoms with E-state index in [0.717, 1.165) is 4.47 Å². The van der Waals surface area contributed by atoms with Gasteiger partial charge >= 0.3 is 11.9 Å². The Bertz CT molecular complexity index is 936. The summed E-state index contributed by atoms with van der Waals surface area (Å²) in [7, 11) is 0. The highest BCUT2D eigenvalue weighted by Crippen LogP contribution is 2.35. The first-order valence-electron chi connectivity index (χ1n) is 7.75. The fourth-order valence-corrected chi connectivity index (χ4v) is 3.58. The van der Waals surface area contributed by atoms with Crippen LogP contribution in [0.1, 0.15) is 24.5 Å². The zero-order valence-corrected chi connectivity index (χ0v) is 16.8. The van der Waals surface area contributed by atoms with Gasteiger partial charge in [0.2, 0.25) is 5.90 Å². The van der Waals surface area contributed by atoms with Crippen molar-refractivity contribution in [3.8, 4) is 5.75 Å². The molecule has 0 spiro atoms. The summed E-state index contributed by atoms with van der Waals surface area (Å²) in [4.78, 5) is 28.2. The van der Waals surface area contributed by atoms with E-state index in [1.54, 1.807) is 31.2 Å². The van der Waals surface area contributed by atoms with E-state index in [9.17, 15) is 9.59 Å². The van der Waals surface area contributed by atoms with Gasteiger partial charge in [0.05, 0.1) is 4.47 Å². The number of aliphatic imine (C=N–C) groups is 1. The molecule has 0 N–H and O–H groups in total. The largest absolute Gasteiger partial charge is 0.425 e. The number of hydrogen-bond donors (Lipinski definition) is 0. The second-order valence-electron chi connectivity index (χ2n) is 5.34. The molecule has 26 heavy (non-hydrogen) atoms. The van der Waals surface area contributed by atoms with Gasteiger partial charge in [-0.1, -0.05) is 41.1 Å². The van der Waals surface area contributed by atoms with Gasteiger partial charge in [-0.3, -0.25) is 4.79 Å². The highest BCUT2D eigenvalue weighted by atomic mass is 79.9. The zero-order chi connectivity index (χ0) is 18.7. The van der Waals surface area contributed by atoms with Gasteiger partial charge in [-0.15, -0.1) is 0 Å². The summed E-state index contributed by atoms with van der Waals surface area (Å²) in [6, 6.07) is 12.6. The standard InChI is InChI=1S/C19H13Br2NO4/c1-2-16(23)25-17-12(8-13(20)10-14(17)21)9-15-19(24)26-18(22-15)11-6-4-3-5-7-11/h3-10H,2H2,1H3/b15-9-. The van der Waals surface area contributed by atoms with Crippen LogP contribution in [-0.4, -0.2) is 17.8 Å². The van der Waals surface area contributed by atoms with Crippen molar-refractivity contribution in [1.82, 2.24) is 0 Å². The Morgan fingerprint density at radius 2 is 1.96 bits per heavy atom. The molecule has 2 aromatic rings. The molecular weight excluding hydrogens is 466 g/mol. The van der Waals surface area contributed by atoms with Crippen LogP contribution in [0.5, 0.6) is 5.75 Å². The number of hydrogen-bond acceptors (Lipinski definition) is 5. The third kappa shape index (κ3) is 4.11. The third-order valence-electron chi connectivity index (χ3n) is 3.48. The topological polar surface area (TPSA) is 65.0 Å². The lowest BCUT2D eigenvalue weighted by molar-refractivity contribution is -0.134. The molecule has 0 unspecified atom stereocenters. The number of carbonyl (C=O) groups is 2. The summed E-state index contributed by atoms with van der Waals surface area (Å²) in [5.41, 5.74) is 1.36. The van der Waals surface area contributed by atoms with Crippen molar-refractivity contribution >= 4 is 55.8 Å². The van der Waals surface area contributed by atoms with Crippen LogP contribution in [-0.2, 0) is 14.3 Å². The number of ether oxygens (including phenoxy) is 2.